The van der Waals surface area contributed by atoms with Crippen LogP contribution in [0.5, 0.6) is 0 Å². The van der Waals surface area contributed by atoms with Crippen LogP contribution in [-0.4, -0.2) is 9.78 Å². The van der Waals surface area contributed by atoms with E-state index in [1.54, 1.807) is 0 Å². The zero-order valence-corrected chi connectivity index (χ0v) is 12.3. The van der Waals surface area contributed by atoms with E-state index >= 15 is 0 Å². The second-order valence-electron chi connectivity index (χ2n) is 3.82. The molecule has 0 N–H and O–H groups in total. The molecule has 1 aromatic carbocycles. The largest absolute Gasteiger partial charge is 0.253 e. The van der Waals surface area contributed by atoms with Gasteiger partial charge in [0.2, 0.25) is 0 Å². The fourth-order valence-corrected chi connectivity index (χ4v) is 2.86. The van der Waals surface area contributed by atoms with E-state index in [4.69, 9.17) is 0 Å². The first kappa shape index (κ1) is 11.9. The molecule has 2 rings (SSSR count). The van der Waals surface area contributed by atoms with Gasteiger partial charge >= 0.3 is 0 Å². The Labute approximate surface area is 112 Å². The first-order valence-corrected chi connectivity index (χ1v) is 6.60. The highest BCUT2D eigenvalue weighted by atomic mass is 79.9. The molecule has 1 aromatic heterocycles. The number of hydrogen-bond donors (Lipinski definition) is 0. The summed E-state index contributed by atoms with van der Waals surface area (Å²) in [6.07, 6.45) is 0. The van der Waals surface area contributed by atoms with Crippen LogP contribution in [-0.2, 0) is 6.54 Å². The Kier molecular flexibility index (Phi) is 3.50. The summed E-state index contributed by atoms with van der Waals surface area (Å²) in [5.41, 5.74) is 3.94. The predicted molar refractivity (Wildman–Crippen MR) is 72.6 cm³/mol. The summed E-state index contributed by atoms with van der Waals surface area (Å²) >= 11 is 6.87. The lowest BCUT2D eigenvalue weighted by Gasteiger charge is -2.10. The Hall–Kier alpha value is -0.610. The highest BCUT2D eigenvalue weighted by Crippen LogP contribution is 2.20. The van der Waals surface area contributed by atoms with Crippen molar-refractivity contribution >= 4 is 31.9 Å². The molecule has 0 atom stereocenters. The normalized spacial score (nSPS) is 10.8. The minimum Gasteiger partial charge on any atom is -0.253 e. The van der Waals surface area contributed by atoms with E-state index in [1.807, 2.05) is 10.7 Å². The van der Waals surface area contributed by atoms with Gasteiger partial charge in [-0.15, -0.1) is 0 Å². The smallest absolute Gasteiger partial charge is 0.129 e. The van der Waals surface area contributed by atoms with Crippen molar-refractivity contribution in [1.82, 2.24) is 9.78 Å². The lowest BCUT2D eigenvalue weighted by Crippen LogP contribution is -2.05. The molecule has 0 bridgehead atoms. The maximum atomic E-state index is 4.37. The van der Waals surface area contributed by atoms with Crippen molar-refractivity contribution in [2.45, 2.75) is 20.4 Å². The van der Waals surface area contributed by atoms with E-state index in [0.717, 1.165) is 15.8 Å². The minimum absolute atomic E-state index is 0.796. The van der Waals surface area contributed by atoms with Crippen LogP contribution in [0.1, 0.15) is 16.7 Å². The summed E-state index contributed by atoms with van der Waals surface area (Å²) in [5.74, 6) is 0. The molecule has 0 unspecified atom stereocenters. The minimum atomic E-state index is 0.796. The highest BCUT2D eigenvalue weighted by Gasteiger charge is 2.07. The quantitative estimate of drug-likeness (QED) is 0.803. The first-order valence-electron chi connectivity index (χ1n) is 5.02. The van der Waals surface area contributed by atoms with Crippen LogP contribution < -0.4 is 0 Å². The van der Waals surface area contributed by atoms with Crippen molar-refractivity contribution in [2.75, 3.05) is 0 Å². The zero-order chi connectivity index (χ0) is 11.7. The number of hydrogen-bond acceptors (Lipinski definition) is 1. The van der Waals surface area contributed by atoms with E-state index in [2.05, 4.69) is 69.0 Å². The van der Waals surface area contributed by atoms with Gasteiger partial charge in [-0.25, -0.2) is 0 Å². The second kappa shape index (κ2) is 4.72. The van der Waals surface area contributed by atoms with Gasteiger partial charge in [-0.05, 0) is 62.4 Å². The van der Waals surface area contributed by atoms with Crippen molar-refractivity contribution in [1.29, 1.82) is 0 Å². The van der Waals surface area contributed by atoms with Crippen LogP contribution in [0.25, 0.3) is 0 Å². The van der Waals surface area contributed by atoms with Crippen molar-refractivity contribution in [3.05, 3.63) is 50.2 Å². The van der Waals surface area contributed by atoms with Crippen LogP contribution in [0, 0.1) is 13.8 Å². The molecule has 4 heteroatoms. The monoisotopic (exact) mass is 342 g/mol. The molecular weight excluding hydrogens is 332 g/mol. The SMILES string of the molecule is Cc1cccc(C)c1Cn1nc(Br)cc1Br. The molecule has 16 heavy (non-hydrogen) atoms. The topological polar surface area (TPSA) is 17.8 Å². The molecule has 84 valence electrons. The van der Waals surface area contributed by atoms with E-state index < -0.39 is 0 Å². The average Bonchev–Trinajstić information content (AvgIpc) is 2.51. The number of rotatable bonds is 2. The number of aromatic nitrogens is 2. The van der Waals surface area contributed by atoms with E-state index in [0.29, 0.717) is 0 Å². The molecule has 0 saturated heterocycles. The molecular formula is C12H12Br2N2. The summed E-state index contributed by atoms with van der Waals surface area (Å²) in [6, 6.07) is 8.30. The van der Waals surface area contributed by atoms with Crippen molar-refractivity contribution in [3.63, 3.8) is 0 Å². The van der Waals surface area contributed by atoms with Crippen LogP contribution in [0.3, 0.4) is 0 Å². The first-order chi connectivity index (χ1) is 7.58. The zero-order valence-electron chi connectivity index (χ0n) is 9.17. The Morgan fingerprint density at radius 1 is 1.19 bits per heavy atom. The van der Waals surface area contributed by atoms with Crippen LogP contribution in [0.15, 0.2) is 33.5 Å². The summed E-state index contributed by atoms with van der Waals surface area (Å²) in [5, 5.41) is 4.37. The van der Waals surface area contributed by atoms with Gasteiger partial charge in [0, 0.05) is 6.07 Å². The van der Waals surface area contributed by atoms with Crippen molar-refractivity contribution in [3.8, 4) is 0 Å². The fraction of sp³-hybridized carbons (Fsp3) is 0.250. The molecule has 0 aliphatic rings. The van der Waals surface area contributed by atoms with Crippen LogP contribution in [0.2, 0.25) is 0 Å². The number of nitrogens with zero attached hydrogens (tertiary/aromatic N) is 2. The molecule has 2 aromatic rings. The van der Waals surface area contributed by atoms with Gasteiger partial charge < -0.3 is 0 Å². The highest BCUT2D eigenvalue weighted by molar-refractivity contribution is 9.11. The van der Waals surface area contributed by atoms with E-state index in [-0.39, 0.29) is 0 Å². The average molecular weight is 344 g/mol. The molecule has 1 heterocycles. The molecule has 0 aliphatic heterocycles. The van der Waals surface area contributed by atoms with Gasteiger partial charge in [0.15, 0.2) is 0 Å². The van der Waals surface area contributed by atoms with E-state index in [1.165, 1.54) is 16.7 Å². The molecule has 2 nitrogen and oxygen atoms in total. The second-order valence-corrected chi connectivity index (χ2v) is 5.44. The summed E-state index contributed by atoms with van der Waals surface area (Å²) in [6.45, 7) is 5.06. The number of aryl methyl sites for hydroxylation is 2. The Bertz CT molecular complexity index is 497. The van der Waals surface area contributed by atoms with E-state index in [9.17, 15) is 0 Å². The Balaban J connectivity index is 2.37. The summed E-state index contributed by atoms with van der Waals surface area (Å²) < 4.78 is 3.78. The van der Waals surface area contributed by atoms with Gasteiger partial charge in [0.05, 0.1) is 6.54 Å². The van der Waals surface area contributed by atoms with Gasteiger partial charge in [-0.1, -0.05) is 18.2 Å². The molecule has 0 amide bonds. The van der Waals surface area contributed by atoms with Crippen LogP contribution >= 0.6 is 31.9 Å². The van der Waals surface area contributed by atoms with Gasteiger partial charge in [0.25, 0.3) is 0 Å². The van der Waals surface area contributed by atoms with Crippen molar-refractivity contribution < 1.29 is 0 Å². The standard InChI is InChI=1S/C12H12Br2N2/c1-8-4-3-5-9(2)10(8)7-16-12(14)6-11(13)15-16/h3-6H,7H2,1-2H3. The maximum Gasteiger partial charge on any atom is 0.129 e. The third kappa shape index (κ3) is 2.38. The third-order valence-electron chi connectivity index (χ3n) is 2.65. The number of halogens is 2. The molecule has 0 spiro atoms. The molecule has 0 fully saturated rings. The maximum absolute atomic E-state index is 4.37. The Morgan fingerprint density at radius 3 is 2.31 bits per heavy atom. The lowest BCUT2D eigenvalue weighted by atomic mass is 10.0. The van der Waals surface area contributed by atoms with Gasteiger partial charge in [0.1, 0.15) is 9.21 Å². The number of benzene rings is 1. The predicted octanol–water partition coefficient (Wildman–Crippen LogP) is 4.07. The van der Waals surface area contributed by atoms with Gasteiger partial charge in [-0.2, -0.15) is 5.10 Å². The third-order valence-corrected chi connectivity index (χ3v) is 3.68. The summed E-state index contributed by atoms with van der Waals surface area (Å²) in [4.78, 5) is 0. The Morgan fingerprint density at radius 2 is 1.81 bits per heavy atom. The fourth-order valence-electron chi connectivity index (χ4n) is 1.72. The lowest BCUT2D eigenvalue weighted by molar-refractivity contribution is 0.662. The molecule has 0 aliphatic carbocycles. The van der Waals surface area contributed by atoms with Crippen LogP contribution in [0.4, 0.5) is 0 Å². The molecule has 0 radical (unpaired) electrons. The van der Waals surface area contributed by atoms with Gasteiger partial charge in [-0.3, -0.25) is 4.68 Å². The van der Waals surface area contributed by atoms with Crippen molar-refractivity contribution in [2.24, 2.45) is 0 Å². The summed E-state index contributed by atoms with van der Waals surface area (Å²) in [7, 11) is 0. The molecule has 0 saturated carbocycles.